The Bertz CT molecular complexity index is 590. The molecular weight excluding hydrogens is 241 g/mol. The molecule has 3 heteroatoms. The predicted octanol–water partition coefficient (Wildman–Crippen LogP) is 3.95. The van der Waals surface area contributed by atoms with Crippen molar-refractivity contribution < 1.29 is 9.18 Å². The molecule has 0 bridgehead atoms. The Hall–Kier alpha value is -2.16. The van der Waals surface area contributed by atoms with Crippen LogP contribution in [0.15, 0.2) is 42.5 Å². The minimum atomic E-state index is -0.346. The second-order valence-corrected chi connectivity index (χ2v) is 4.42. The van der Waals surface area contributed by atoms with Gasteiger partial charge in [-0.3, -0.25) is 4.79 Å². The highest BCUT2D eigenvalue weighted by Gasteiger charge is 2.10. The van der Waals surface area contributed by atoms with E-state index in [1.54, 1.807) is 0 Å². The highest BCUT2D eigenvalue weighted by atomic mass is 19.1. The van der Waals surface area contributed by atoms with Crippen molar-refractivity contribution in [3.63, 3.8) is 0 Å². The van der Waals surface area contributed by atoms with E-state index in [1.807, 2.05) is 32.0 Å². The molecule has 0 saturated carbocycles. The monoisotopic (exact) mass is 257 g/mol. The van der Waals surface area contributed by atoms with Crippen LogP contribution in [0.25, 0.3) is 0 Å². The fourth-order valence-corrected chi connectivity index (χ4v) is 1.99. The normalized spacial score (nSPS) is 10.3. The summed E-state index contributed by atoms with van der Waals surface area (Å²) in [4.78, 5) is 12.1. The molecule has 0 saturated heterocycles. The summed E-state index contributed by atoms with van der Waals surface area (Å²) in [5.41, 5.74) is 3.41. The fraction of sp³-hybridized carbons (Fsp3) is 0.188. The van der Waals surface area contributed by atoms with Crippen LogP contribution in [0.4, 0.5) is 10.1 Å². The second-order valence-electron chi connectivity index (χ2n) is 4.42. The molecule has 2 aromatic rings. The van der Waals surface area contributed by atoms with E-state index < -0.39 is 0 Å². The van der Waals surface area contributed by atoms with Gasteiger partial charge >= 0.3 is 0 Å². The smallest absolute Gasteiger partial charge is 0.255 e. The molecular formula is C16H16FNO. The van der Waals surface area contributed by atoms with E-state index in [0.717, 1.165) is 23.2 Å². The van der Waals surface area contributed by atoms with Gasteiger partial charge < -0.3 is 5.32 Å². The third-order valence-electron chi connectivity index (χ3n) is 3.08. The van der Waals surface area contributed by atoms with Crippen molar-refractivity contribution in [3.8, 4) is 0 Å². The largest absolute Gasteiger partial charge is 0.321 e. The molecule has 2 nitrogen and oxygen atoms in total. The molecule has 0 spiro atoms. The van der Waals surface area contributed by atoms with Crippen molar-refractivity contribution in [2.45, 2.75) is 20.3 Å². The molecule has 0 aliphatic rings. The first-order valence-corrected chi connectivity index (χ1v) is 6.27. The maximum Gasteiger partial charge on any atom is 0.255 e. The SMILES string of the molecule is CCc1cccc(C)c1NC(=O)c1ccc(F)cc1. The Balaban J connectivity index is 2.26. The Morgan fingerprint density at radius 3 is 2.47 bits per heavy atom. The lowest BCUT2D eigenvalue weighted by molar-refractivity contribution is 0.102. The molecule has 0 radical (unpaired) electrons. The molecule has 0 fully saturated rings. The van der Waals surface area contributed by atoms with Crippen molar-refractivity contribution in [1.82, 2.24) is 0 Å². The minimum absolute atomic E-state index is 0.219. The van der Waals surface area contributed by atoms with Gasteiger partial charge in [-0.1, -0.05) is 25.1 Å². The highest BCUT2D eigenvalue weighted by molar-refractivity contribution is 6.05. The number of aryl methyl sites for hydroxylation is 2. The first-order chi connectivity index (χ1) is 9.11. The molecule has 2 aromatic carbocycles. The lowest BCUT2D eigenvalue weighted by Crippen LogP contribution is -2.14. The standard InChI is InChI=1S/C16H16FNO/c1-3-12-6-4-5-11(2)15(12)18-16(19)13-7-9-14(17)10-8-13/h4-10H,3H2,1-2H3,(H,18,19). The maximum atomic E-state index is 12.8. The van der Waals surface area contributed by atoms with Crippen LogP contribution in [0.1, 0.15) is 28.4 Å². The zero-order chi connectivity index (χ0) is 13.8. The summed E-state index contributed by atoms with van der Waals surface area (Å²) in [6, 6.07) is 11.5. The third kappa shape index (κ3) is 2.99. The van der Waals surface area contributed by atoms with Gasteiger partial charge in [0, 0.05) is 11.3 Å². The van der Waals surface area contributed by atoms with E-state index in [2.05, 4.69) is 5.32 Å². The van der Waals surface area contributed by atoms with E-state index in [4.69, 9.17) is 0 Å². The number of nitrogens with one attached hydrogen (secondary N) is 1. The summed E-state index contributed by atoms with van der Waals surface area (Å²) in [6.45, 7) is 4.00. The van der Waals surface area contributed by atoms with Gasteiger partial charge in [-0.2, -0.15) is 0 Å². The first kappa shape index (κ1) is 13.3. The summed E-state index contributed by atoms with van der Waals surface area (Å²) >= 11 is 0. The van der Waals surface area contributed by atoms with E-state index in [-0.39, 0.29) is 11.7 Å². The van der Waals surface area contributed by atoms with E-state index >= 15 is 0 Å². The summed E-state index contributed by atoms with van der Waals surface area (Å²) in [7, 11) is 0. The number of hydrogen-bond acceptors (Lipinski definition) is 1. The number of hydrogen-bond donors (Lipinski definition) is 1. The summed E-state index contributed by atoms with van der Waals surface area (Å²) < 4.78 is 12.8. The van der Waals surface area contributed by atoms with Crippen LogP contribution in [-0.4, -0.2) is 5.91 Å². The Labute approximate surface area is 112 Å². The van der Waals surface area contributed by atoms with Crippen LogP contribution in [-0.2, 0) is 6.42 Å². The average Bonchev–Trinajstić information content (AvgIpc) is 2.41. The van der Waals surface area contributed by atoms with Crippen LogP contribution < -0.4 is 5.32 Å². The topological polar surface area (TPSA) is 29.1 Å². The molecule has 0 atom stereocenters. The van der Waals surface area contributed by atoms with Gasteiger partial charge in [0.2, 0.25) is 0 Å². The average molecular weight is 257 g/mol. The molecule has 98 valence electrons. The second kappa shape index (κ2) is 5.65. The molecule has 0 aliphatic heterocycles. The third-order valence-corrected chi connectivity index (χ3v) is 3.08. The number of carbonyl (C=O) groups excluding carboxylic acids is 1. The number of halogens is 1. The number of amides is 1. The highest BCUT2D eigenvalue weighted by Crippen LogP contribution is 2.21. The molecule has 19 heavy (non-hydrogen) atoms. The van der Waals surface area contributed by atoms with Crippen molar-refractivity contribution in [1.29, 1.82) is 0 Å². The van der Waals surface area contributed by atoms with Gasteiger partial charge in [-0.15, -0.1) is 0 Å². The molecule has 2 rings (SSSR count). The molecule has 1 N–H and O–H groups in total. The van der Waals surface area contributed by atoms with Gasteiger partial charge in [0.15, 0.2) is 0 Å². The van der Waals surface area contributed by atoms with Crippen molar-refractivity contribution in [3.05, 3.63) is 65.0 Å². The van der Waals surface area contributed by atoms with E-state index in [9.17, 15) is 9.18 Å². The Kier molecular flexibility index (Phi) is 3.95. The van der Waals surface area contributed by atoms with E-state index in [1.165, 1.54) is 24.3 Å². The maximum absolute atomic E-state index is 12.8. The predicted molar refractivity (Wildman–Crippen MR) is 74.9 cm³/mol. The number of para-hydroxylation sites is 1. The number of anilines is 1. The summed E-state index contributed by atoms with van der Waals surface area (Å²) in [5, 5.41) is 2.90. The van der Waals surface area contributed by atoms with Crippen LogP contribution in [0.2, 0.25) is 0 Å². The molecule has 0 unspecified atom stereocenters. The summed E-state index contributed by atoms with van der Waals surface area (Å²) in [5.74, 6) is -0.564. The molecule has 1 amide bonds. The minimum Gasteiger partial charge on any atom is -0.321 e. The zero-order valence-corrected chi connectivity index (χ0v) is 11.0. The van der Waals surface area contributed by atoms with Crippen molar-refractivity contribution in [2.24, 2.45) is 0 Å². The van der Waals surface area contributed by atoms with Gasteiger partial charge in [0.1, 0.15) is 5.82 Å². The molecule has 0 heterocycles. The van der Waals surface area contributed by atoms with Crippen LogP contribution in [0.3, 0.4) is 0 Å². The van der Waals surface area contributed by atoms with Crippen LogP contribution in [0.5, 0.6) is 0 Å². The zero-order valence-electron chi connectivity index (χ0n) is 11.0. The molecule has 0 aliphatic carbocycles. The van der Waals surface area contributed by atoms with Gasteiger partial charge in [-0.05, 0) is 48.7 Å². The van der Waals surface area contributed by atoms with Gasteiger partial charge in [-0.25, -0.2) is 4.39 Å². The van der Waals surface area contributed by atoms with Gasteiger partial charge in [0.05, 0.1) is 0 Å². The summed E-state index contributed by atoms with van der Waals surface area (Å²) in [6.07, 6.45) is 0.848. The Morgan fingerprint density at radius 1 is 1.16 bits per heavy atom. The Morgan fingerprint density at radius 2 is 1.84 bits per heavy atom. The number of carbonyl (C=O) groups is 1. The quantitative estimate of drug-likeness (QED) is 0.886. The van der Waals surface area contributed by atoms with E-state index in [0.29, 0.717) is 5.56 Å². The van der Waals surface area contributed by atoms with Crippen LogP contribution in [0, 0.1) is 12.7 Å². The number of rotatable bonds is 3. The number of benzene rings is 2. The first-order valence-electron chi connectivity index (χ1n) is 6.27. The van der Waals surface area contributed by atoms with Crippen molar-refractivity contribution >= 4 is 11.6 Å². The fourth-order valence-electron chi connectivity index (χ4n) is 1.99. The van der Waals surface area contributed by atoms with Crippen molar-refractivity contribution in [2.75, 3.05) is 5.32 Å². The van der Waals surface area contributed by atoms with Crippen LogP contribution >= 0.6 is 0 Å². The van der Waals surface area contributed by atoms with Gasteiger partial charge in [0.25, 0.3) is 5.91 Å². The lowest BCUT2D eigenvalue weighted by Gasteiger charge is -2.12. The molecule has 0 aromatic heterocycles. The lowest BCUT2D eigenvalue weighted by atomic mass is 10.1.